The number of rotatable bonds is 7. The first-order valence-electron chi connectivity index (χ1n) is 15.6. The van der Waals surface area contributed by atoms with Crippen molar-refractivity contribution < 1.29 is 37.4 Å². The van der Waals surface area contributed by atoms with Gasteiger partial charge in [-0.1, -0.05) is 44.0 Å². The van der Waals surface area contributed by atoms with Crippen LogP contribution in [0.3, 0.4) is 0 Å². The van der Waals surface area contributed by atoms with E-state index < -0.39 is 17.7 Å². The Morgan fingerprint density at radius 2 is 1.67 bits per heavy atom. The van der Waals surface area contributed by atoms with Gasteiger partial charge in [-0.2, -0.15) is 13.2 Å². The highest BCUT2D eigenvalue weighted by molar-refractivity contribution is 5.97. The lowest BCUT2D eigenvalue weighted by atomic mass is 9.81. The van der Waals surface area contributed by atoms with Crippen molar-refractivity contribution in [3.05, 3.63) is 65.0 Å². The molecule has 3 aliphatic heterocycles. The second kappa shape index (κ2) is 14.6. The first kappa shape index (κ1) is 34.2. The monoisotopic (exact) mass is 632 g/mol. The molecule has 2 aromatic rings. The Hall–Kier alpha value is -3.67. The normalized spacial score (nSPS) is 20.5. The lowest BCUT2D eigenvalue weighted by molar-refractivity contribution is -0.192. The van der Waals surface area contributed by atoms with E-state index >= 15 is 0 Å². The van der Waals surface area contributed by atoms with Gasteiger partial charge >= 0.3 is 18.2 Å². The summed E-state index contributed by atoms with van der Waals surface area (Å²) in [6.07, 6.45) is 5.25. The number of aryl methyl sites for hydroxylation is 2. The molecule has 45 heavy (non-hydrogen) atoms. The molecule has 4 heterocycles. The van der Waals surface area contributed by atoms with Crippen LogP contribution in [0, 0.1) is 13.8 Å². The molecule has 0 radical (unpaired) electrons. The second-order valence-electron chi connectivity index (χ2n) is 12.2. The first-order chi connectivity index (χ1) is 21.4. The fourth-order valence-electron chi connectivity index (χ4n) is 6.84. The molecule has 9 nitrogen and oxygen atoms in total. The maximum Gasteiger partial charge on any atom is 0.490 e. The molecule has 5 rings (SSSR count). The minimum atomic E-state index is -5.08. The molecular weight excluding hydrogens is 589 g/mol. The van der Waals surface area contributed by atoms with Gasteiger partial charge in [0.05, 0.1) is 12.6 Å². The van der Waals surface area contributed by atoms with E-state index in [-0.39, 0.29) is 18.0 Å². The van der Waals surface area contributed by atoms with E-state index in [0.717, 1.165) is 93.4 Å². The van der Waals surface area contributed by atoms with Crippen LogP contribution in [0.5, 0.6) is 0 Å². The average Bonchev–Trinajstić information content (AvgIpc) is 3.25. The predicted molar refractivity (Wildman–Crippen MR) is 162 cm³/mol. The molecule has 1 atom stereocenters. The van der Waals surface area contributed by atoms with E-state index in [4.69, 9.17) is 14.6 Å². The van der Waals surface area contributed by atoms with Gasteiger partial charge in [0, 0.05) is 63.0 Å². The number of alkyl halides is 3. The third-order valence-electron chi connectivity index (χ3n) is 9.27. The van der Waals surface area contributed by atoms with Gasteiger partial charge in [-0.25, -0.2) is 9.59 Å². The molecule has 1 aromatic carbocycles. The third-order valence-corrected chi connectivity index (χ3v) is 9.27. The fraction of sp³-hybridized carbons (Fsp3) is 0.576. The zero-order chi connectivity index (χ0) is 32.8. The second-order valence-corrected chi connectivity index (χ2v) is 12.2. The number of carboxylic acids is 1. The SMILES string of the molecule is CCCCC1N(Cc2cccnc2)C(=O)OC12CCN(C1CCN(C(=O)c3c(C)cccc3C)CC1)CC2.O=C(O)C(F)(F)F. The van der Waals surface area contributed by atoms with Crippen molar-refractivity contribution in [2.75, 3.05) is 26.2 Å². The van der Waals surface area contributed by atoms with Crippen LogP contribution in [0.1, 0.15) is 78.9 Å². The number of nitrogens with zero attached hydrogens (tertiary/aromatic N) is 4. The highest BCUT2D eigenvalue weighted by Gasteiger charge is 2.54. The van der Waals surface area contributed by atoms with E-state index in [9.17, 15) is 22.8 Å². The molecule has 0 bridgehead atoms. The molecule has 1 unspecified atom stereocenters. The lowest BCUT2D eigenvalue weighted by Gasteiger charge is -2.46. The van der Waals surface area contributed by atoms with Crippen LogP contribution in [-0.4, -0.2) is 92.8 Å². The molecule has 0 saturated carbocycles. The van der Waals surface area contributed by atoms with Crippen LogP contribution >= 0.6 is 0 Å². The number of likely N-dealkylation sites (tertiary alicyclic amines) is 2. The summed E-state index contributed by atoms with van der Waals surface area (Å²) in [6.45, 7) is 10.3. The summed E-state index contributed by atoms with van der Waals surface area (Å²) in [7, 11) is 0. The van der Waals surface area contributed by atoms with Gasteiger partial charge in [0.2, 0.25) is 0 Å². The maximum atomic E-state index is 13.3. The van der Waals surface area contributed by atoms with E-state index in [1.807, 2.05) is 60.2 Å². The maximum absolute atomic E-state index is 13.3. The minimum Gasteiger partial charge on any atom is -0.475 e. The van der Waals surface area contributed by atoms with Crippen LogP contribution in [-0.2, 0) is 16.1 Å². The smallest absolute Gasteiger partial charge is 0.475 e. The number of pyridine rings is 1. The van der Waals surface area contributed by atoms with E-state index in [1.54, 1.807) is 6.20 Å². The molecule has 0 aliphatic carbocycles. The fourth-order valence-corrected chi connectivity index (χ4v) is 6.84. The standard InChI is InChI=1S/C31H42N4O3.C2HF3O2/c1-4-5-11-27-31(38-30(37)35(27)22-25-10-7-16-32-21-25)14-19-33(20-15-31)26-12-17-34(18-13-26)29(36)28-23(2)8-6-9-24(28)3;3-2(4,5)1(6)7/h6-10,16,21,26-27H,4-5,11-15,17-20,22H2,1-3H3;(H,6,7). The van der Waals surface area contributed by atoms with Crippen LogP contribution < -0.4 is 0 Å². The molecule has 2 amide bonds. The summed E-state index contributed by atoms with van der Waals surface area (Å²) < 4.78 is 38.0. The summed E-state index contributed by atoms with van der Waals surface area (Å²) in [4.78, 5) is 46.1. The Kier molecular flexibility index (Phi) is 11.1. The van der Waals surface area contributed by atoms with Gasteiger partial charge < -0.3 is 14.7 Å². The highest BCUT2D eigenvalue weighted by Crippen LogP contribution is 2.42. The van der Waals surface area contributed by atoms with E-state index in [1.165, 1.54) is 0 Å². The molecule has 3 fully saturated rings. The largest absolute Gasteiger partial charge is 0.490 e. The Bertz CT molecular complexity index is 1300. The summed E-state index contributed by atoms with van der Waals surface area (Å²) in [5.74, 6) is -2.59. The van der Waals surface area contributed by atoms with Gasteiger partial charge in [-0.15, -0.1) is 0 Å². The Morgan fingerprint density at radius 1 is 1.04 bits per heavy atom. The molecule has 1 aromatic heterocycles. The van der Waals surface area contributed by atoms with Gasteiger partial charge in [0.15, 0.2) is 0 Å². The average molecular weight is 633 g/mol. The van der Waals surface area contributed by atoms with E-state index in [0.29, 0.717) is 12.6 Å². The van der Waals surface area contributed by atoms with Crippen molar-refractivity contribution in [3.8, 4) is 0 Å². The van der Waals surface area contributed by atoms with Crippen molar-refractivity contribution in [2.45, 2.75) is 96.1 Å². The number of carbonyl (C=O) groups is 3. The van der Waals surface area contributed by atoms with E-state index in [2.05, 4.69) is 16.8 Å². The summed E-state index contributed by atoms with van der Waals surface area (Å²) in [5.41, 5.74) is 3.62. The number of halogens is 3. The van der Waals surface area contributed by atoms with Crippen molar-refractivity contribution in [3.63, 3.8) is 0 Å². The number of benzene rings is 1. The van der Waals surface area contributed by atoms with Crippen LogP contribution in [0.2, 0.25) is 0 Å². The molecule has 3 saturated heterocycles. The van der Waals surface area contributed by atoms with Crippen molar-refractivity contribution in [1.29, 1.82) is 0 Å². The number of carbonyl (C=O) groups excluding carboxylic acids is 2. The Morgan fingerprint density at radius 3 is 2.20 bits per heavy atom. The molecule has 246 valence electrons. The van der Waals surface area contributed by atoms with Crippen LogP contribution in [0.25, 0.3) is 0 Å². The minimum absolute atomic E-state index is 0.106. The molecule has 1 spiro atoms. The number of hydrogen-bond donors (Lipinski definition) is 1. The van der Waals surface area contributed by atoms with Gasteiger partial charge in [0.25, 0.3) is 5.91 Å². The van der Waals surface area contributed by atoms with Crippen LogP contribution in [0.15, 0.2) is 42.7 Å². The number of amides is 2. The number of unbranched alkanes of at least 4 members (excludes halogenated alkanes) is 1. The first-order valence-corrected chi connectivity index (χ1v) is 15.6. The highest BCUT2D eigenvalue weighted by atomic mass is 19.4. The van der Waals surface area contributed by atoms with Gasteiger partial charge in [0.1, 0.15) is 5.60 Å². The quantitative estimate of drug-likeness (QED) is 0.401. The van der Waals surface area contributed by atoms with Crippen molar-refractivity contribution >= 4 is 18.0 Å². The zero-order valence-electron chi connectivity index (χ0n) is 26.2. The number of piperidine rings is 2. The lowest BCUT2D eigenvalue weighted by Crippen LogP contribution is -2.56. The summed E-state index contributed by atoms with van der Waals surface area (Å²) in [5, 5.41) is 7.12. The molecule has 3 aliphatic rings. The Labute approximate surface area is 262 Å². The van der Waals surface area contributed by atoms with Gasteiger partial charge in [-0.3, -0.25) is 19.6 Å². The predicted octanol–water partition coefficient (Wildman–Crippen LogP) is 5.98. The van der Waals surface area contributed by atoms with Crippen LogP contribution in [0.4, 0.5) is 18.0 Å². The topological polar surface area (TPSA) is 103 Å². The number of carboxylic acid groups (broad SMARTS) is 1. The summed E-state index contributed by atoms with van der Waals surface area (Å²) in [6, 6.07) is 10.6. The Balaban J connectivity index is 0.000000591. The number of ether oxygens (including phenoxy) is 1. The molecule has 1 N–H and O–H groups in total. The van der Waals surface area contributed by atoms with Crippen molar-refractivity contribution in [1.82, 2.24) is 19.7 Å². The molecular formula is C33H43F3N4O5. The number of aromatic nitrogens is 1. The third kappa shape index (κ3) is 8.14. The summed E-state index contributed by atoms with van der Waals surface area (Å²) >= 11 is 0. The number of aliphatic carboxylic acids is 1. The zero-order valence-corrected chi connectivity index (χ0v) is 26.2. The molecule has 12 heteroatoms. The van der Waals surface area contributed by atoms with Gasteiger partial charge in [-0.05, 0) is 55.9 Å². The number of hydrogen-bond acceptors (Lipinski definition) is 6. The van der Waals surface area contributed by atoms with Crippen molar-refractivity contribution in [2.24, 2.45) is 0 Å².